The Labute approximate surface area is 120 Å². The van der Waals surface area contributed by atoms with Crippen LogP contribution in [-0.2, 0) is 10.2 Å². The molecule has 0 N–H and O–H groups in total. The molecule has 5 nitrogen and oxygen atoms in total. The quantitative estimate of drug-likeness (QED) is 0.794. The van der Waals surface area contributed by atoms with Crippen molar-refractivity contribution in [3.05, 3.63) is 18.0 Å². The number of hydrogen-bond donors (Lipinski definition) is 0. The molecular weight excluding hydrogens is 254 g/mol. The highest BCUT2D eigenvalue weighted by atomic mass is 16.6. The van der Waals surface area contributed by atoms with E-state index in [1.807, 2.05) is 31.6 Å². The smallest absolute Gasteiger partial charge is 0.410 e. The molecule has 112 valence electrons. The highest BCUT2D eigenvalue weighted by Gasteiger charge is 2.35. The lowest BCUT2D eigenvalue weighted by molar-refractivity contribution is -0.000406. The Kier molecular flexibility index (Phi) is 3.56. The lowest BCUT2D eigenvalue weighted by atomic mass is 9.90. The normalized spacial score (nSPS) is 17.0. The predicted molar refractivity (Wildman–Crippen MR) is 77.8 cm³/mol. The van der Waals surface area contributed by atoms with Crippen LogP contribution < -0.4 is 0 Å². The van der Waals surface area contributed by atoms with Crippen LogP contribution in [0.15, 0.2) is 12.4 Å². The summed E-state index contributed by atoms with van der Waals surface area (Å²) in [6.45, 7) is 13.5. The average molecular weight is 279 g/mol. The number of carbonyl (C=O) groups is 1. The summed E-state index contributed by atoms with van der Waals surface area (Å²) < 4.78 is 7.30. The second-order valence-corrected chi connectivity index (χ2v) is 7.50. The predicted octanol–water partition coefficient (Wildman–Crippen LogP) is 2.97. The number of carbonyl (C=O) groups excluding carboxylic acids is 1. The van der Waals surface area contributed by atoms with Crippen molar-refractivity contribution in [1.29, 1.82) is 0 Å². The molecule has 2 rings (SSSR count). The SMILES string of the molecule is CC(C)(C)OC(=O)N1CC(n2cc(C(C)(C)C)cn2)C1. The minimum absolute atomic E-state index is 0.104. The van der Waals surface area contributed by atoms with Crippen molar-refractivity contribution < 1.29 is 9.53 Å². The second kappa shape index (κ2) is 4.79. The van der Waals surface area contributed by atoms with Crippen LogP contribution in [0.4, 0.5) is 4.79 Å². The molecule has 1 saturated heterocycles. The summed E-state index contributed by atoms with van der Waals surface area (Å²) in [6.07, 6.45) is 3.75. The number of aromatic nitrogens is 2. The molecule has 2 heterocycles. The molecule has 5 heteroatoms. The first-order chi connectivity index (χ1) is 9.06. The van der Waals surface area contributed by atoms with Crippen molar-refractivity contribution in [2.45, 2.75) is 58.6 Å². The Hall–Kier alpha value is -1.52. The van der Waals surface area contributed by atoms with Crippen LogP contribution in [-0.4, -0.2) is 39.5 Å². The minimum atomic E-state index is -0.437. The topological polar surface area (TPSA) is 47.4 Å². The number of nitrogens with zero attached hydrogens (tertiary/aromatic N) is 3. The maximum absolute atomic E-state index is 11.9. The average Bonchev–Trinajstić information content (AvgIpc) is 2.60. The summed E-state index contributed by atoms with van der Waals surface area (Å²) >= 11 is 0. The molecule has 0 aromatic carbocycles. The number of ether oxygens (including phenoxy) is 1. The lowest BCUT2D eigenvalue weighted by Crippen LogP contribution is -2.52. The maximum Gasteiger partial charge on any atom is 0.410 e. The van der Waals surface area contributed by atoms with E-state index in [0.29, 0.717) is 13.1 Å². The van der Waals surface area contributed by atoms with Gasteiger partial charge in [-0.15, -0.1) is 0 Å². The third kappa shape index (κ3) is 3.32. The van der Waals surface area contributed by atoms with Gasteiger partial charge < -0.3 is 9.64 Å². The third-order valence-corrected chi connectivity index (χ3v) is 3.36. The zero-order valence-corrected chi connectivity index (χ0v) is 13.3. The van der Waals surface area contributed by atoms with Gasteiger partial charge in [-0.25, -0.2) is 4.79 Å². The number of amides is 1. The largest absolute Gasteiger partial charge is 0.444 e. The molecule has 20 heavy (non-hydrogen) atoms. The van der Waals surface area contributed by atoms with Gasteiger partial charge in [0.15, 0.2) is 0 Å². The molecule has 1 aliphatic rings. The molecule has 1 amide bonds. The van der Waals surface area contributed by atoms with E-state index >= 15 is 0 Å². The van der Waals surface area contributed by atoms with Gasteiger partial charge in [-0.05, 0) is 31.7 Å². The maximum atomic E-state index is 11.9. The van der Waals surface area contributed by atoms with Gasteiger partial charge in [-0.2, -0.15) is 5.10 Å². The summed E-state index contributed by atoms with van der Waals surface area (Å²) in [5.41, 5.74) is 0.883. The van der Waals surface area contributed by atoms with Crippen molar-refractivity contribution in [3.8, 4) is 0 Å². The Morgan fingerprint density at radius 2 is 1.85 bits per heavy atom. The van der Waals surface area contributed by atoms with Gasteiger partial charge in [-0.3, -0.25) is 4.68 Å². The van der Waals surface area contributed by atoms with E-state index in [-0.39, 0.29) is 17.6 Å². The highest BCUT2D eigenvalue weighted by molar-refractivity contribution is 5.69. The highest BCUT2D eigenvalue weighted by Crippen LogP contribution is 2.26. The fourth-order valence-corrected chi connectivity index (χ4v) is 2.02. The van der Waals surface area contributed by atoms with E-state index in [9.17, 15) is 4.79 Å². The van der Waals surface area contributed by atoms with Gasteiger partial charge >= 0.3 is 6.09 Å². The third-order valence-electron chi connectivity index (χ3n) is 3.36. The summed E-state index contributed by atoms with van der Waals surface area (Å²) in [4.78, 5) is 13.6. The summed E-state index contributed by atoms with van der Waals surface area (Å²) in [5, 5.41) is 4.41. The molecule has 0 radical (unpaired) electrons. The van der Waals surface area contributed by atoms with Gasteiger partial charge in [0, 0.05) is 19.3 Å². The van der Waals surface area contributed by atoms with E-state index in [0.717, 1.165) is 0 Å². The molecule has 0 aliphatic carbocycles. The van der Waals surface area contributed by atoms with Crippen LogP contribution >= 0.6 is 0 Å². The monoisotopic (exact) mass is 279 g/mol. The molecule has 1 aliphatic heterocycles. The fraction of sp³-hybridized carbons (Fsp3) is 0.733. The first-order valence-corrected chi connectivity index (χ1v) is 7.09. The summed E-state index contributed by atoms with van der Waals surface area (Å²) in [6, 6.07) is 0.263. The Balaban J connectivity index is 1.90. The van der Waals surface area contributed by atoms with Crippen LogP contribution in [0.5, 0.6) is 0 Å². The first kappa shape index (κ1) is 14.9. The minimum Gasteiger partial charge on any atom is -0.444 e. The van der Waals surface area contributed by atoms with E-state index in [2.05, 4.69) is 32.1 Å². The van der Waals surface area contributed by atoms with E-state index in [4.69, 9.17) is 4.74 Å². The van der Waals surface area contributed by atoms with Crippen LogP contribution in [0.1, 0.15) is 53.1 Å². The number of likely N-dealkylation sites (tertiary alicyclic amines) is 1. The molecule has 0 unspecified atom stereocenters. The van der Waals surface area contributed by atoms with Crippen LogP contribution in [0.25, 0.3) is 0 Å². The summed E-state index contributed by atoms with van der Waals surface area (Å²) in [7, 11) is 0. The Bertz CT molecular complexity index is 488. The van der Waals surface area contributed by atoms with Crippen LogP contribution in [0, 0.1) is 0 Å². The number of rotatable bonds is 1. The Morgan fingerprint density at radius 1 is 1.25 bits per heavy atom. The molecule has 1 aromatic rings. The summed E-state index contributed by atoms with van der Waals surface area (Å²) in [5.74, 6) is 0. The van der Waals surface area contributed by atoms with Gasteiger partial charge in [0.2, 0.25) is 0 Å². The molecule has 0 spiro atoms. The van der Waals surface area contributed by atoms with E-state index < -0.39 is 5.60 Å². The zero-order chi connectivity index (χ0) is 15.1. The van der Waals surface area contributed by atoms with Gasteiger partial charge in [0.25, 0.3) is 0 Å². The van der Waals surface area contributed by atoms with Gasteiger partial charge in [0.05, 0.1) is 12.2 Å². The fourth-order valence-electron chi connectivity index (χ4n) is 2.02. The van der Waals surface area contributed by atoms with Crippen molar-refractivity contribution >= 4 is 6.09 Å². The molecule has 0 atom stereocenters. The molecular formula is C15H25N3O2. The second-order valence-electron chi connectivity index (χ2n) is 7.50. The molecule has 1 aromatic heterocycles. The van der Waals surface area contributed by atoms with Crippen LogP contribution in [0.2, 0.25) is 0 Å². The van der Waals surface area contributed by atoms with Gasteiger partial charge in [-0.1, -0.05) is 20.8 Å². The Morgan fingerprint density at radius 3 is 2.30 bits per heavy atom. The standard InChI is InChI=1S/C15H25N3O2/c1-14(2,3)11-7-16-18(8-11)12-9-17(10-12)13(19)20-15(4,5)6/h7-8,12H,9-10H2,1-6H3. The zero-order valence-electron chi connectivity index (χ0n) is 13.3. The molecule has 1 fully saturated rings. The van der Waals surface area contributed by atoms with E-state index in [1.54, 1.807) is 4.90 Å². The van der Waals surface area contributed by atoms with E-state index in [1.165, 1.54) is 5.56 Å². The van der Waals surface area contributed by atoms with Crippen molar-refractivity contribution in [3.63, 3.8) is 0 Å². The molecule has 0 bridgehead atoms. The number of hydrogen-bond acceptors (Lipinski definition) is 3. The first-order valence-electron chi connectivity index (χ1n) is 7.09. The lowest BCUT2D eigenvalue weighted by Gasteiger charge is -2.39. The van der Waals surface area contributed by atoms with Crippen molar-refractivity contribution in [2.24, 2.45) is 0 Å². The van der Waals surface area contributed by atoms with Gasteiger partial charge in [0.1, 0.15) is 5.60 Å². The van der Waals surface area contributed by atoms with Crippen molar-refractivity contribution in [2.75, 3.05) is 13.1 Å². The molecule has 0 saturated carbocycles. The van der Waals surface area contributed by atoms with Crippen molar-refractivity contribution in [1.82, 2.24) is 14.7 Å². The van der Waals surface area contributed by atoms with Crippen LogP contribution in [0.3, 0.4) is 0 Å².